The van der Waals surface area contributed by atoms with Crippen LogP contribution in [0.5, 0.6) is 5.75 Å². The van der Waals surface area contributed by atoms with Crippen LogP contribution in [0.25, 0.3) is 0 Å². The molecule has 20 heavy (non-hydrogen) atoms. The smallest absolute Gasteiger partial charge is 0.265 e. The summed E-state index contributed by atoms with van der Waals surface area (Å²) < 4.78 is 29.2. The van der Waals surface area contributed by atoms with Crippen LogP contribution in [0.2, 0.25) is 0 Å². The molecule has 0 radical (unpaired) electrons. The molecule has 2 atom stereocenters. The molecule has 7 heteroatoms. The Balaban J connectivity index is 2.26. The fourth-order valence-electron chi connectivity index (χ4n) is 1.39. The van der Waals surface area contributed by atoms with E-state index in [1.165, 1.54) is 6.07 Å². The van der Waals surface area contributed by atoms with Crippen molar-refractivity contribution in [1.29, 1.82) is 5.26 Å². The van der Waals surface area contributed by atoms with Crippen LogP contribution < -0.4 is 10.1 Å². The fourth-order valence-corrected chi connectivity index (χ4v) is 1.39. The number of aliphatic hydroxyl groups is 2. The highest BCUT2D eigenvalue weighted by atomic mass is 19.3. The molecule has 0 amide bonds. The lowest BCUT2D eigenvalue weighted by Gasteiger charge is -2.15. The van der Waals surface area contributed by atoms with Crippen LogP contribution in [0.4, 0.5) is 8.78 Å². The number of ether oxygens (including phenoxy) is 1. The maximum absolute atomic E-state index is 12.0. The quantitative estimate of drug-likeness (QED) is 0.648. The minimum atomic E-state index is -2.82. The molecular weight excluding hydrogens is 270 g/mol. The van der Waals surface area contributed by atoms with E-state index in [1.54, 1.807) is 18.2 Å². The van der Waals surface area contributed by atoms with Gasteiger partial charge in [0.05, 0.1) is 11.6 Å². The minimum Gasteiger partial charge on any atom is -0.491 e. The first kappa shape index (κ1) is 16.3. The molecule has 0 heterocycles. The van der Waals surface area contributed by atoms with Gasteiger partial charge in [-0.05, 0) is 18.2 Å². The molecule has 110 valence electrons. The van der Waals surface area contributed by atoms with Crippen molar-refractivity contribution in [2.75, 3.05) is 19.7 Å². The van der Waals surface area contributed by atoms with Crippen LogP contribution in [0.1, 0.15) is 5.56 Å². The summed E-state index contributed by atoms with van der Waals surface area (Å²) in [5.74, 6) is 0.440. The van der Waals surface area contributed by atoms with Gasteiger partial charge in [0, 0.05) is 13.1 Å². The SMILES string of the molecule is N#Cc1cccc(OCC(O)CNCC(O)C(F)F)c1. The Morgan fingerprint density at radius 3 is 2.70 bits per heavy atom. The Hall–Kier alpha value is -1.75. The number of aliphatic hydroxyl groups excluding tert-OH is 2. The van der Waals surface area contributed by atoms with Crippen LogP contribution in [0.3, 0.4) is 0 Å². The normalized spacial score (nSPS) is 13.8. The van der Waals surface area contributed by atoms with Crippen molar-refractivity contribution in [2.45, 2.75) is 18.6 Å². The summed E-state index contributed by atoms with van der Waals surface area (Å²) in [6.45, 7) is -0.340. The predicted molar refractivity (Wildman–Crippen MR) is 67.5 cm³/mol. The molecule has 2 unspecified atom stereocenters. The van der Waals surface area contributed by atoms with E-state index in [1.807, 2.05) is 6.07 Å². The van der Waals surface area contributed by atoms with Crippen LogP contribution in [0, 0.1) is 11.3 Å². The van der Waals surface area contributed by atoms with Crippen molar-refractivity contribution in [3.63, 3.8) is 0 Å². The molecule has 0 aliphatic rings. The van der Waals surface area contributed by atoms with E-state index < -0.39 is 18.6 Å². The number of nitriles is 1. The Morgan fingerprint density at radius 1 is 1.30 bits per heavy atom. The Morgan fingerprint density at radius 2 is 2.05 bits per heavy atom. The van der Waals surface area contributed by atoms with E-state index >= 15 is 0 Å². The topological polar surface area (TPSA) is 85.5 Å². The Bertz CT molecular complexity index is 451. The van der Waals surface area contributed by atoms with Crippen LogP contribution in [-0.2, 0) is 0 Å². The first-order valence-corrected chi connectivity index (χ1v) is 6.01. The summed E-state index contributed by atoms with van der Waals surface area (Å²) in [7, 11) is 0. The molecule has 1 rings (SSSR count). The van der Waals surface area contributed by atoms with Gasteiger partial charge >= 0.3 is 0 Å². The van der Waals surface area contributed by atoms with Crippen molar-refractivity contribution in [1.82, 2.24) is 5.32 Å². The van der Waals surface area contributed by atoms with Crippen molar-refractivity contribution < 1.29 is 23.7 Å². The van der Waals surface area contributed by atoms with E-state index in [-0.39, 0.29) is 19.7 Å². The summed E-state index contributed by atoms with van der Waals surface area (Å²) >= 11 is 0. The van der Waals surface area contributed by atoms with Gasteiger partial charge in [-0.2, -0.15) is 5.26 Å². The van der Waals surface area contributed by atoms with Crippen LogP contribution in [0.15, 0.2) is 24.3 Å². The standard InChI is InChI=1S/C13H16F2N2O3/c14-13(15)12(19)7-17-6-10(18)8-20-11-3-1-2-9(4-11)5-16/h1-4,10,12-13,17-19H,6-8H2. The number of hydrogen-bond acceptors (Lipinski definition) is 5. The van der Waals surface area contributed by atoms with E-state index in [0.717, 1.165) is 0 Å². The molecule has 0 spiro atoms. The molecule has 0 fully saturated rings. The van der Waals surface area contributed by atoms with Gasteiger partial charge < -0.3 is 20.3 Å². The third-order valence-corrected chi connectivity index (χ3v) is 2.43. The third-order valence-electron chi connectivity index (χ3n) is 2.43. The average Bonchev–Trinajstić information content (AvgIpc) is 2.45. The summed E-state index contributed by atoms with van der Waals surface area (Å²) in [4.78, 5) is 0. The number of nitrogens with one attached hydrogen (secondary N) is 1. The number of nitrogens with zero attached hydrogens (tertiary/aromatic N) is 1. The van der Waals surface area contributed by atoms with Gasteiger partial charge in [-0.3, -0.25) is 0 Å². The Labute approximate surface area is 115 Å². The maximum Gasteiger partial charge on any atom is 0.265 e. The second kappa shape index (κ2) is 8.43. The molecule has 1 aromatic rings. The first-order chi connectivity index (χ1) is 9.52. The predicted octanol–water partition coefficient (Wildman–Crippen LogP) is 0.514. The molecule has 3 N–H and O–H groups in total. The number of benzene rings is 1. The molecule has 0 aliphatic heterocycles. The largest absolute Gasteiger partial charge is 0.491 e. The van der Waals surface area contributed by atoms with Gasteiger partial charge in [0.25, 0.3) is 6.43 Å². The highest BCUT2D eigenvalue weighted by Crippen LogP contribution is 2.12. The molecular formula is C13H16F2N2O3. The van der Waals surface area contributed by atoms with Crippen LogP contribution >= 0.6 is 0 Å². The number of halogens is 2. The van der Waals surface area contributed by atoms with Gasteiger partial charge in [0.1, 0.15) is 24.6 Å². The highest BCUT2D eigenvalue weighted by Gasteiger charge is 2.16. The van der Waals surface area contributed by atoms with E-state index in [4.69, 9.17) is 15.1 Å². The lowest BCUT2D eigenvalue weighted by atomic mass is 10.2. The molecule has 1 aromatic carbocycles. The van der Waals surface area contributed by atoms with Gasteiger partial charge in [-0.1, -0.05) is 6.07 Å². The zero-order valence-corrected chi connectivity index (χ0v) is 10.7. The van der Waals surface area contributed by atoms with Crippen molar-refractivity contribution in [3.8, 4) is 11.8 Å². The minimum absolute atomic E-state index is 0.0156. The second-order valence-corrected chi connectivity index (χ2v) is 4.16. The van der Waals surface area contributed by atoms with Gasteiger partial charge in [0.15, 0.2) is 0 Å². The number of hydrogen-bond donors (Lipinski definition) is 3. The lowest BCUT2D eigenvalue weighted by Crippen LogP contribution is -2.38. The van der Waals surface area contributed by atoms with E-state index in [9.17, 15) is 13.9 Å². The van der Waals surface area contributed by atoms with Crippen molar-refractivity contribution >= 4 is 0 Å². The molecule has 0 saturated heterocycles. The zero-order valence-electron chi connectivity index (χ0n) is 10.7. The van der Waals surface area contributed by atoms with Crippen LogP contribution in [-0.4, -0.2) is 48.5 Å². The summed E-state index contributed by atoms with van der Waals surface area (Å²) in [6.07, 6.45) is -5.48. The van der Waals surface area contributed by atoms with Gasteiger partial charge in [-0.15, -0.1) is 0 Å². The third kappa shape index (κ3) is 5.93. The zero-order chi connectivity index (χ0) is 15.0. The summed E-state index contributed by atoms with van der Waals surface area (Å²) in [6, 6.07) is 8.40. The molecule has 5 nitrogen and oxygen atoms in total. The molecule has 0 aliphatic carbocycles. The van der Waals surface area contributed by atoms with Crippen molar-refractivity contribution in [3.05, 3.63) is 29.8 Å². The lowest BCUT2D eigenvalue weighted by molar-refractivity contribution is -0.00529. The monoisotopic (exact) mass is 286 g/mol. The van der Waals surface area contributed by atoms with Gasteiger partial charge in [0.2, 0.25) is 0 Å². The molecule has 0 aromatic heterocycles. The van der Waals surface area contributed by atoms with E-state index in [0.29, 0.717) is 11.3 Å². The van der Waals surface area contributed by atoms with E-state index in [2.05, 4.69) is 5.32 Å². The molecule has 0 bridgehead atoms. The highest BCUT2D eigenvalue weighted by molar-refractivity contribution is 5.36. The van der Waals surface area contributed by atoms with Gasteiger partial charge in [-0.25, -0.2) is 8.78 Å². The van der Waals surface area contributed by atoms with Crippen molar-refractivity contribution in [2.24, 2.45) is 0 Å². The number of rotatable bonds is 8. The Kier molecular flexibility index (Phi) is 6.87. The summed E-state index contributed by atoms with van der Waals surface area (Å²) in [5, 5.41) is 29.6. The maximum atomic E-state index is 12.0. The first-order valence-electron chi connectivity index (χ1n) is 6.01. The number of alkyl halides is 2. The fraction of sp³-hybridized carbons (Fsp3) is 0.462. The molecule has 0 saturated carbocycles. The average molecular weight is 286 g/mol. The second-order valence-electron chi connectivity index (χ2n) is 4.16. The summed E-state index contributed by atoms with van der Waals surface area (Å²) in [5.41, 5.74) is 0.440.